The quantitative estimate of drug-likeness (QED) is 0.475. The molecule has 0 aromatic heterocycles. The van der Waals surface area contributed by atoms with Gasteiger partial charge in [-0.05, 0) is 45.0 Å². The summed E-state index contributed by atoms with van der Waals surface area (Å²) >= 11 is 6.29. The van der Waals surface area contributed by atoms with Gasteiger partial charge in [0.25, 0.3) is 0 Å². The summed E-state index contributed by atoms with van der Waals surface area (Å²) in [5, 5.41) is 4.34. The third-order valence-corrected chi connectivity index (χ3v) is 5.66. The molecule has 1 fully saturated rings. The molecule has 168 valence electrons. The number of likely N-dealkylation sites (tertiary alicyclic amines) is 1. The fourth-order valence-corrected chi connectivity index (χ4v) is 4.01. The van der Waals surface area contributed by atoms with Crippen LogP contribution in [-0.4, -0.2) is 37.2 Å². The lowest BCUT2D eigenvalue weighted by molar-refractivity contribution is 0.256. The Labute approximate surface area is 198 Å². The highest BCUT2D eigenvalue weighted by Crippen LogP contribution is 2.33. The molecule has 1 heterocycles. The predicted molar refractivity (Wildman–Crippen MR) is 130 cm³/mol. The molecule has 0 bridgehead atoms. The van der Waals surface area contributed by atoms with Gasteiger partial charge in [-0.2, -0.15) is 0 Å². The third-order valence-electron chi connectivity index (χ3n) is 5.29. The summed E-state index contributed by atoms with van der Waals surface area (Å²) in [5.74, 6) is 1.58. The molecule has 4 nitrogen and oxygen atoms in total. The van der Waals surface area contributed by atoms with Gasteiger partial charge in [0.2, 0.25) is 0 Å². The van der Waals surface area contributed by atoms with E-state index in [2.05, 4.69) is 23.2 Å². The summed E-state index contributed by atoms with van der Waals surface area (Å²) in [6.07, 6.45) is 2.57. The molecule has 2 aromatic rings. The zero-order chi connectivity index (χ0) is 19.8. The molecule has 0 spiro atoms. The number of para-hydroxylation sites is 1. The number of likely N-dealkylation sites (N-methyl/N-ethyl adjacent to an activating group) is 1. The van der Waals surface area contributed by atoms with E-state index in [0.29, 0.717) is 19.3 Å². The number of ether oxygens (including phenoxy) is 2. The van der Waals surface area contributed by atoms with Gasteiger partial charge in [-0.25, -0.2) is 0 Å². The van der Waals surface area contributed by atoms with Crippen molar-refractivity contribution in [3.63, 3.8) is 0 Å². The van der Waals surface area contributed by atoms with Crippen molar-refractivity contribution in [1.29, 1.82) is 0 Å². The molecular formula is C23H33Cl3N2O2. The first kappa shape index (κ1) is 26.9. The van der Waals surface area contributed by atoms with Crippen LogP contribution in [0.3, 0.4) is 0 Å². The van der Waals surface area contributed by atoms with Gasteiger partial charge in [0.15, 0.2) is 11.5 Å². The van der Waals surface area contributed by atoms with Crippen LogP contribution in [0.1, 0.15) is 37.8 Å². The average molecular weight is 476 g/mol. The first-order valence-electron chi connectivity index (χ1n) is 10.3. The van der Waals surface area contributed by atoms with Crippen molar-refractivity contribution in [2.24, 2.45) is 0 Å². The lowest BCUT2D eigenvalue weighted by atomic mass is 10.1. The molecule has 1 saturated heterocycles. The van der Waals surface area contributed by atoms with Crippen molar-refractivity contribution in [3.05, 3.63) is 58.6 Å². The largest absolute Gasteiger partial charge is 0.490 e. The number of hydrogen-bond donors (Lipinski definition) is 1. The molecule has 0 radical (unpaired) electrons. The molecule has 1 N–H and O–H groups in total. The molecule has 0 amide bonds. The molecule has 0 saturated carbocycles. The zero-order valence-corrected chi connectivity index (χ0v) is 20.1. The summed E-state index contributed by atoms with van der Waals surface area (Å²) in [4.78, 5) is 2.55. The van der Waals surface area contributed by atoms with Gasteiger partial charge < -0.3 is 14.8 Å². The van der Waals surface area contributed by atoms with Crippen LogP contribution in [0.15, 0.2) is 42.5 Å². The highest BCUT2D eigenvalue weighted by molar-refractivity contribution is 6.31. The van der Waals surface area contributed by atoms with Gasteiger partial charge in [-0.3, -0.25) is 4.90 Å². The van der Waals surface area contributed by atoms with E-state index in [1.165, 1.54) is 19.4 Å². The second-order valence-corrected chi connectivity index (χ2v) is 7.52. The van der Waals surface area contributed by atoms with Crippen molar-refractivity contribution in [1.82, 2.24) is 10.2 Å². The van der Waals surface area contributed by atoms with Crippen molar-refractivity contribution in [2.45, 2.75) is 45.9 Å². The van der Waals surface area contributed by atoms with Gasteiger partial charge in [0.05, 0.1) is 6.61 Å². The number of nitrogens with one attached hydrogen (secondary N) is 1. The summed E-state index contributed by atoms with van der Waals surface area (Å²) in [7, 11) is 0. The van der Waals surface area contributed by atoms with E-state index >= 15 is 0 Å². The summed E-state index contributed by atoms with van der Waals surface area (Å²) in [6.45, 7) is 9.35. The smallest absolute Gasteiger partial charge is 0.166 e. The number of rotatable bonds is 10. The highest BCUT2D eigenvalue weighted by atomic mass is 35.5. The zero-order valence-electron chi connectivity index (χ0n) is 17.7. The van der Waals surface area contributed by atoms with Crippen LogP contribution in [0.25, 0.3) is 0 Å². The molecule has 2 aromatic carbocycles. The van der Waals surface area contributed by atoms with Crippen LogP contribution < -0.4 is 14.8 Å². The molecule has 1 aliphatic heterocycles. The Balaban J connectivity index is 0.00000225. The maximum Gasteiger partial charge on any atom is 0.166 e. The fourth-order valence-electron chi connectivity index (χ4n) is 3.81. The predicted octanol–water partition coefficient (Wildman–Crippen LogP) is 5.74. The van der Waals surface area contributed by atoms with Gasteiger partial charge in [0.1, 0.15) is 6.61 Å². The Bertz CT molecular complexity index is 761. The van der Waals surface area contributed by atoms with E-state index in [1.54, 1.807) is 0 Å². The van der Waals surface area contributed by atoms with Gasteiger partial charge >= 0.3 is 0 Å². The second kappa shape index (κ2) is 14.0. The number of hydrogen-bond acceptors (Lipinski definition) is 4. The van der Waals surface area contributed by atoms with Gasteiger partial charge in [-0.15, -0.1) is 24.8 Å². The topological polar surface area (TPSA) is 33.7 Å². The van der Waals surface area contributed by atoms with Crippen molar-refractivity contribution >= 4 is 36.4 Å². The fraction of sp³-hybridized carbons (Fsp3) is 0.478. The van der Waals surface area contributed by atoms with E-state index in [1.807, 2.05) is 43.3 Å². The van der Waals surface area contributed by atoms with Crippen molar-refractivity contribution in [3.8, 4) is 11.5 Å². The molecule has 1 atom stereocenters. The maximum absolute atomic E-state index is 6.29. The summed E-state index contributed by atoms with van der Waals surface area (Å²) < 4.78 is 12.0. The minimum Gasteiger partial charge on any atom is -0.490 e. The van der Waals surface area contributed by atoms with E-state index in [4.69, 9.17) is 21.1 Å². The molecular weight excluding hydrogens is 443 g/mol. The Kier molecular flexibility index (Phi) is 12.5. The molecule has 3 rings (SSSR count). The SMILES string of the molecule is CCOc1cccc(CNCC2CCCN2CC)c1OCc1ccccc1Cl.Cl.Cl. The number of halogens is 3. The van der Waals surface area contributed by atoms with Crippen molar-refractivity contribution < 1.29 is 9.47 Å². The normalized spacial score (nSPS) is 15.9. The number of benzene rings is 2. The highest BCUT2D eigenvalue weighted by Gasteiger charge is 2.22. The molecule has 7 heteroatoms. The first-order valence-corrected chi connectivity index (χ1v) is 10.7. The summed E-state index contributed by atoms with van der Waals surface area (Å²) in [6, 6.07) is 14.5. The maximum atomic E-state index is 6.29. The molecule has 0 aliphatic carbocycles. The van der Waals surface area contributed by atoms with E-state index in [0.717, 1.165) is 47.3 Å². The van der Waals surface area contributed by atoms with Crippen molar-refractivity contribution in [2.75, 3.05) is 26.2 Å². The molecule has 30 heavy (non-hydrogen) atoms. The van der Waals surface area contributed by atoms with Crippen LogP contribution in [0.2, 0.25) is 5.02 Å². The Morgan fingerprint density at radius 3 is 2.53 bits per heavy atom. The van der Waals surface area contributed by atoms with Gasteiger partial charge in [-0.1, -0.05) is 48.9 Å². The van der Waals surface area contributed by atoms with Crippen LogP contribution >= 0.6 is 36.4 Å². The monoisotopic (exact) mass is 474 g/mol. The Morgan fingerprint density at radius 1 is 1.03 bits per heavy atom. The van der Waals surface area contributed by atoms with E-state index < -0.39 is 0 Å². The Hall–Kier alpha value is -1.17. The van der Waals surface area contributed by atoms with E-state index in [9.17, 15) is 0 Å². The average Bonchev–Trinajstić information content (AvgIpc) is 3.16. The van der Waals surface area contributed by atoms with Crippen LogP contribution in [0.5, 0.6) is 11.5 Å². The standard InChI is InChI=1S/C23H31ClN2O2.2ClH/c1-3-26-14-8-11-20(26)16-25-15-18-10-7-13-22(27-4-2)23(18)28-17-19-9-5-6-12-21(19)24;;/h5-7,9-10,12-13,20,25H,3-4,8,11,14-17H2,1-2H3;2*1H. The second-order valence-electron chi connectivity index (χ2n) is 7.11. The third kappa shape index (κ3) is 7.21. The lowest BCUT2D eigenvalue weighted by Gasteiger charge is -2.23. The van der Waals surface area contributed by atoms with Crippen LogP contribution in [-0.2, 0) is 13.2 Å². The molecule has 1 aliphatic rings. The first-order chi connectivity index (χ1) is 13.7. The van der Waals surface area contributed by atoms with E-state index in [-0.39, 0.29) is 24.8 Å². The van der Waals surface area contributed by atoms with Crippen LogP contribution in [0, 0.1) is 0 Å². The van der Waals surface area contributed by atoms with Crippen LogP contribution in [0.4, 0.5) is 0 Å². The number of nitrogens with zero attached hydrogens (tertiary/aromatic N) is 1. The molecule has 1 unspecified atom stereocenters. The Morgan fingerprint density at radius 2 is 1.80 bits per heavy atom. The minimum atomic E-state index is 0. The summed E-state index contributed by atoms with van der Waals surface area (Å²) in [5.41, 5.74) is 2.08. The minimum absolute atomic E-state index is 0. The lowest BCUT2D eigenvalue weighted by Crippen LogP contribution is -2.37. The van der Waals surface area contributed by atoms with Gasteiger partial charge in [0, 0.05) is 35.3 Å².